The summed E-state index contributed by atoms with van der Waals surface area (Å²) in [7, 11) is 0. The van der Waals surface area contributed by atoms with Crippen LogP contribution in [0, 0.1) is 23.7 Å². The second-order valence-electron chi connectivity index (χ2n) is 27.2. The van der Waals surface area contributed by atoms with Gasteiger partial charge in [0.05, 0.1) is 16.8 Å². The molecule has 0 N–H and O–H groups in total. The molecule has 4 fully saturated rings. The smallest absolute Gasteiger partial charge is 0.0726 e. The van der Waals surface area contributed by atoms with Crippen molar-refractivity contribution in [3.8, 4) is 55.6 Å². The van der Waals surface area contributed by atoms with Crippen molar-refractivity contribution in [3.63, 3.8) is 0 Å². The van der Waals surface area contributed by atoms with Gasteiger partial charge in [-0.15, -0.1) is 0 Å². The van der Waals surface area contributed by atoms with Gasteiger partial charge in [-0.2, -0.15) is 0 Å². The molecule has 4 bridgehead atoms. The molecular formula is C76H69N. The Hall–Kier alpha value is -7.22. The Morgan fingerprint density at radius 2 is 0.831 bits per heavy atom. The first-order chi connectivity index (χ1) is 37.2. The Kier molecular flexibility index (Phi) is 9.25. The molecular weight excluding hydrogens is 927 g/mol. The van der Waals surface area contributed by atoms with Crippen molar-refractivity contribution >= 4 is 17.1 Å². The number of benzene rings is 9. The van der Waals surface area contributed by atoms with E-state index in [1.807, 2.05) is 0 Å². The number of fused-ring (bicyclic) bond motifs is 16. The Labute approximate surface area is 457 Å². The summed E-state index contributed by atoms with van der Waals surface area (Å²) in [5, 5.41) is 0. The Morgan fingerprint density at radius 3 is 1.47 bits per heavy atom. The lowest BCUT2D eigenvalue weighted by molar-refractivity contribution is -0.0399. The molecule has 1 heteroatoms. The molecule has 0 unspecified atom stereocenters. The molecule has 2 spiro atoms. The summed E-state index contributed by atoms with van der Waals surface area (Å²) < 4.78 is 0. The zero-order chi connectivity index (χ0) is 52.1. The van der Waals surface area contributed by atoms with Crippen molar-refractivity contribution in [2.45, 2.75) is 115 Å². The fourth-order valence-electron chi connectivity index (χ4n) is 18.0. The average molecular weight is 996 g/mol. The van der Waals surface area contributed by atoms with Crippen LogP contribution in [0.1, 0.15) is 143 Å². The molecule has 17 rings (SSSR count). The number of hydrogen-bond acceptors (Lipinski definition) is 1. The zero-order valence-electron chi connectivity index (χ0n) is 46.2. The average Bonchev–Trinajstić information content (AvgIpc) is 4.25. The number of para-hydroxylation sites is 1. The maximum Gasteiger partial charge on any atom is 0.0726 e. The van der Waals surface area contributed by atoms with Crippen LogP contribution in [0.4, 0.5) is 17.1 Å². The molecule has 9 aromatic carbocycles. The number of anilines is 3. The van der Waals surface area contributed by atoms with E-state index in [0.717, 1.165) is 11.8 Å². The van der Waals surface area contributed by atoms with Crippen molar-refractivity contribution < 1.29 is 0 Å². The second kappa shape index (κ2) is 15.5. The molecule has 0 radical (unpaired) electrons. The molecule has 0 aliphatic heterocycles. The number of hydrogen-bond donors (Lipinski definition) is 0. The summed E-state index contributed by atoms with van der Waals surface area (Å²) in [5.74, 6) is 3.08. The van der Waals surface area contributed by atoms with Gasteiger partial charge in [-0.1, -0.05) is 219 Å². The fourth-order valence-corrected chi connectivity index (χ4v) is 18.0. The number of rotatable bonds is 4. The molecule has 4 saturated carbocycles. The summed E-state index contributed by atoms with van der Waals surface area (Å²) >= 11 is 0. The second-order valence-corrected chi connectivity index (χ2v) is 27.2. The van der Waals surface area contributed by atoms with Crippen LogP contribution >= 0.6 is 0 Å². The van der Waals surface area contributed by atoms with E-state index >= 15 is 0 Å². The van der Waals surface area contributed by atoms with Crippen LogP contribution in [-0.4, -0.2) is 0 Å². The molecule has 8 aliphatic carbocycles. The first-order valence-corrected chi connectivity index (χ1v) is 29.1. The van der Waals surface area contributed by atoms with Crippen LogP contribution in [-0.2, 0) is 27.1 Å². The first-order valence-electron chi connectivity index (χ1n) is 29.1. The van der Waals surface area contributed by atoms with Gasteiger partial charge in [0.2, 0.25) is 0 Å². The van der Waals surface area contributed by atoms with Gasteiger partial charge in [0.1, 0.15) is 0 Å². The van der Waals surface area contributed by atoms with Gasteiger partial charge in [-0.3, -0.25) is 0 Å². The van der Waals surface area contributed by atoms with E-state index in [2.05, 4.69) is 248 Å². The minimum Gasteiger partial charge on any atom is -0.309 e. The molecule has 77 heavy (non-hydrogen) atoms. The summed E-state index contributed by atoms with van der Waals surface area (Å²) in [6.45, 7) is 19.0. The highest BCUT2D eigenvalue weighted by Gasteiger charge is 2.62. The third kappa shape index (κ3) is 5.91. The third-order valence-corrected chi connectivity index (χ3v) is 21.0. The van der Waals surface area contributed by atoms with Crippen LogP contribution < -0.4 is 4.90 Å². The van der Waals surface area contributed by atoms with E-state index in [1.165, 1.54) is 149 Å². The predicted octanol–water partition coefficient (Wildman–Crippen LogP) is 19.8. The fraction of sp³-hybridized carbons (Fsp3) is 0.289. The monoisotopic (exact) mass is 996 g/mol. The van der Waals surface area contributed by atoms with Gasteiger partial charge in [0, 0.05) is 27.6 Å². The predicted molar refractivity (Wildman–Crippen MR) is 321 cm³/mol. The summed E-state index contributed by atoms with van der Waals surface area (Å²) in [6, 6.07) is 74.8. The van der Waals surface area contributed by atoms with Crippen molar-refractivity contribution in [3.05, 3.63) is 244 Å². The lowest BCUT2D eigenvalue weighted by Crippen LogP contribution is -2.55. The molecule has 8 aliphatic rings. The lowest BCUT2D eigenvalue weighted by Gasteiger charge is -2.61. The Balaban J connectivity index is 0.989. The van der Waals surface area contributed by atoms with E-state index in [1.54, 1.807) is 11.1 Å². The van der Waals surface area contributed by atoms with E-state index in [-0.39, 0.29) is 21.7 Å². The van der Waals surface area contributed by atoms with Crippen molar-refractivity contribution in [2.75, 3.05) is 4.90 Å². The zero-order valence-corrected chi connectivity index (χ0v) is 46.2. The molecule has 9 aromatic rings. The summed E-state index contributed by atoms with van der Waals surface area (Å²) in [4.78, 5) is 2.73. The lowest BCUT2D eigenvalue weighted by atomic mass is 9.43. The van der Waals surface area contributed by atoms with Crippen LogP contribution in [0.15, 0.2) is 188 Å². The molecule has 0 aromatic heterocycles. The minimum atomic E-state index is -0.509. The quantitative estimate of drug-likeness (QED) is 0.170. The highest BCUT2D eigenvalue weighted by atomic mass is 15.1. The Bertz CT molecular complexity index is 3920. The van der Waals surface area contributed by atoms with Crippen LogP contribution in [0.25, 0.3) is 55.6 Å². The molecule has 378 valence electrons. The maximum atomic E-state index is 2.73. The van der Waals surface area contributed by atoms with Crippen molar-refractivity contribution in [1.82, 2.24) is 0 Å². The third-order valence-electron chi connectivity index (χ3n) is 21.0. The van der Waals surface area contributed by atoms with E-state index < -0.39 is 5.41 Å². The highest BCUT2D eigenvalue weighted by molar-refractivity contribution is 6.04. The minimum absolute atomic E-state index is 0.00246. The maximum absolute atomic E-state index is 2.73. The van der Waals surface area contributed by atoms with Crippen molar-refractivity contribution in [2.24, 2.45) is 23.7 Å². The SMILES string of the molecule is CC(C)(C)c1ccc2c(c1)-c1cc(C(C)(C)C)ccc1C21c2ccccc2-c2c(N(c3ccc4c(c3)C3(c5ccccc5-4)C4CC5CC(C4)CC3C5)c3ccccc3-c3cccc4c3C(C)(C)c3ccccc3-4)cccc21. The van der Waals surface area contributed by atoms with Crippen LogP contribution in [0.2, 0.25) is 0 Å². The molecule has 1 nitrogen and oxygen atoms in total. The van der Waals surface area contributed by atoms with E-state index in [0.29, 0.717) is 11.8 Å². The highest BCUT2D eigenvalue weighted by Crippen LogP contribution is 2.71. The first kappa shape index (κ1) is 45.9. The standard InChI is InChI=1S/C76H69N/c1-72(2,3)47-31-35-64-59(42-47)60-43-48(73(4,5)6)32-36-65(60)76(64)63-27-15-11-22-58(63)70-66(76)28-18-30-69(70)77(68-29-16-12-21-55(68)57-24-17-23-56-53-20-9-13-25-61(53)74(7,8)71(56)57)51-33-34-54-52-19-10-14-26-62(52)75(67(54)44-51)49-38-45-37-46(40-49)41-50(75)39-45/h9-36,42-46,49-50H,37-41H2,1-8H3. The van der Waals surface area contributed by atoms with E-state index in [4.69, 9.17) is 0 Å². The van der Waals surface area contributed by atoms with Crippen molar-refractivity contribution in [1.29, 1.82) is 0 Å². The molecule has 0 saturated heterocycles. The summed E-state index contributed by atoms with van der Waals surface area (Å²) in [6.07, 6.45) is 6.88. The van der Waals surface area contributed by atoms with Crippen LogP contribution in [0.3, 0.4) is 0 Å². The molecule has 0 atom stereocenters. The van der Waals surface area contributed by atoms with Gasteiger partial charge in [0.15, 0.2) is 0 Å². The van der Waals surface area contributed by atoms with Gasteiger partial charge in [-0.25, -0.2) is 0 Å². The van der Waals surface area contributed by atoms with Gasteiger partial charge >= 0.3 is 0 Å². The van der Waals surface area contributed by atoms with E-state index in [9.17, 15) is 0 Å². The Morgan fingerprint density at radius 1 is 0.364 bits per heavy atom. The van der Waals surface area contributed by atoms with Gasteiger partial charge in [-0.05, 0) is 191 Å². The number of nitrogens with zero attached hydrogens (tertiary/aromatic N) is 1. The van der Waals surface area contributed by atoms with Gasteiger partial charge < -0.3 is 4.90 Å². The molecule has 0 heterocycles. The topological polar surface area (TPSA) is 3.24 Å². The summed E-state index contributed by atoms with van der Waals surface area (Å²) in [5.41, 5.74) is 30.9. The normalized spacial score (nSPS) is 22.5. The van der Waals surface area contributed by atoms with Gasteiger partial charge in [0.25, 0.3) is 0 Å². The largest absolute Gasteiger partial charge is 0.309 e. The molecule has 0 amide bonds. The van der Waals surface area contributed by atoms with Crippen LogP contribution in [0.5, 0.6) is 0 Å².